The number of ether oxygens (including phenoxy) is 1. The summed E-state index contributed by atoms with van der Waals surface area (Å²) in [4.78, 5) is 12.8. The Morgan fingerprint density at radius 3 is 2.26 bits per heavy atom. The van der Waals surface area contributed by atoms with Gasteiger partial charge in [0.25, 0.3) is 0 Å². The predicted molar refractivity (Wildman–Crippen MR) is 123 cm³/mol. The second-order valence-electron chi connectivity index (χ2n) is 8.34. The maximum absolute atomic E-state index is 12.5. The highest BCUT2D eigenvalue weighted by atomic mass is 32.2. The molecular formula is C24H32N2O4S. The Hall–Kier alpha value is -2.38. The van der Waals surface area contributed by atoms with Crippen molar-refractivity contribution in [2.45, 2.75) is 50.0 Å². The van der Waals surface area contributed by atoms with Crippen molar-refractivity contribution in [1.29, 1.82) is 0 Å². The van der Waals surface area contributed by atoms with Crippen LogP contribution < -0.4 is 15.8 Å². The minimum Gasteiger partial charge on any atom is -0.496 e. The van der Waals surface area contributed by atoms with Gasteiger partial charge >= 0.3 is 0 Å². The van der Waals surface area contributed by atoms with E-state index in [-0.39, 0.29) is 11.7 Å². The number of carbonyl (C=O) groups excluding carboxylic acids is 1. The first kappa shape index (κ1) is 23.3. The molecule has 0 bridgehead atoms. The van der Waals surface area contributed by atoms with Crippen molar-refractivity contribution in [3.05, 3.63) is 48.0 Å². The average molecular weight is 445 g/mol. The third kappa shape index (κ3) is 4.93. The predicted octanol–water partition coefficient (Wildman–Crippen LogP) is 3.33. The molecule has 0 spiro atoms. The first-order valence-corrected chi connectivity index (χ1v) is 12.4. The number of hydrogen-bond acceptors (Lipinski definition) is 5. The van der Waals surface area contributed by atoms with Crippen LogP contribution in [0.25, 0.3) is 11.1 Å². The zero-order chi connectivity index (χ0) is 22.6. The van der Waals surface area contributed by atoms with Gasteiger partial charge < -0.3 is 15.8 Å². The Labute approximate surface area is 185 Å². The van der Waals surface area contributed by atoms with Gasteiger partial charge in [0.05, 0.1) is 23.2 Å². The van der Waals surface area contributed by atoms with Gasteiger partial charge in [-0.05, 0) is 80.1 Å². The summed E-state index contributed by atoms with van der Waals surface area (Å²) in [5, 5.41) is 3.30. The average Bonchev–Trinajstić information content (AvgIpc) is 2.79. The number of benzene rings is 2. The number of nitrogens with two attached hydrogens (primary N) is 1. The highest BCUT2D eigenvalue weighted by Gasteiger charge is 2.40. The zero-order valence-corrected chi connectivity index (χ0v) is 19.3. The molecule has 3 N–H and O–H groups in total. The molecule has 0 saturated heterocycles. The number of nitrogens with one attached hydrogen (secondary N) is 1. The maximum atomic E-state index is 12.5. The molecule has 1 saturated carbocycles. The molecule has 31 heavy (non-hydrogen) atoms. The molecular weight excluding hydrogens is 412 g/mol. The molecule has 2 aromatic rings. The first-order valence-electron chi connectivity index (χ1n) is 10.7. The lowest BCUT2D eigenvalue weighted by Crippen LogP contribution is -2.45. The van der Waals surface area contributed by atoms with Crippen LogP contribution in [0.2, 0.25) is 0 Å². The number of sulfone groups is 1. The molecule has 1 fully saturated rings. The fraction of sp³-hybridized carbons (Fsp3) is 0.458. The molecule has 1 aliphatic rings. The smallest absolute Gasteiger partial charge is 0.223 e. The lowest BCUT2D eigenvalue weighted by molar-refractivity contribution is -0.129. The van der Waals surface area contributed by atoms with E-state index >= 15 is 0 Å². The summed E-state index contributed by atoms with van der Waals surface area (Å²) in [5.74, 6) is 0.539. The number of rotatable bonds is 8. The van der Waals surface area contributed by atoms with Gasteiger partial charge in [0.2, 0.25) is 5.91 Å². The van der Waals surface area contributed by atoms with E-state index < -0.39 is 15.3 Å². The Kier molecular flexibility index (Phi) is 7.06. The minimum atomic E-state index is -3.24. The van der Waals surface area contributed by atoms with E-state index in [2.05, 4.69) is 5.32 Å². The Bertz CT molecular complexity index is 1020. The highest BCUT2D eigenvalue weighted by molar-refractivity contribution is 7.91. The third-order valence-corrected chi connectivity index (χ3v) is 8.36. The van der Waals surface area contributed by atoms with Crippen LogP contribution in [0.3, 0.4) is 0 Å². The van der Waals surface area contributed by atoms with Gasteiger partial charge in [-0.2, -0.15) is 0 Å². The summed E-state index contributed by atoms with van der Waals surface area (Å²) in [7, 11) is 0.337. The van der Waals surface area contributed by atoms with Crippen LogP contribution in [0, 0.1) is 5.41 Å². The Balaban J connectivity index is 1.93. The van der Waals surface area contributed by atoms with Gasteiger partial charge in [-0.3, -0.25) is 4.79 Å². The van der Waals surface area contributed by atoms with Crippen molar-refractivity contribution in [1.82, 2.24) is 5.32 Å². The van der Waals surface area contributed by atoms with Crippen LogP contribution in [-0.2, 0) is 21.1 Å². The largest absolute Gasteiger partial charge is 0.496 e. The molecule has 7 heteroatoms. The van der Waals surface area contributed by atoms with Crippen molar-refractivity contribution in [3.8, 4) is 16.9 Å². The van der Waals surface area contributed by atoms with Crippen LogP contribution in [-0.4, -0.2) is 40.3 Å². The van der Waals surface area contributed by atoms with Crippen molar-refractivity contribution >= 4 is 15.7 Å². The van der Waals surface area contributed by atoms with E-state index in [1.807, 2.05) is 37.4 Å². The SMILES string of the molecule is CCS(=O)(=O)c1ccc(-c2ccc(OC)c(CC3(C(N)=O)CCC(NC)CC3)c2)cc1. The van der Waals surface area contributed by atoms with Crippen molar-refractivity contribution < 1.29 is 17.9 Å². The molecule has 1 aliphatic carbocycles. The molecule has 0 radical (unpaired) electrons. The lowest BCUT2D eigenvalue weighted by Gasteiger charge is -2.38. The van der Waals surface area contributed by atoms with E-state index in [0.717, 1.165) is 48.1 Å². The minimum absolute atomic E-state index is 0.0721. The van der Waals surface area contributed by atoms with Crippen molar-refractivity contribution in [3.63, 3.8) is 0 Å². The van der Waals surface area contributed by atoms with Crippen LogP contribution in [0.4, 0.5) is 0 Å². The van der Waals surface area contributed by atoms with Gasteiger partial charge in [0.15, 0.2) is 9.84 Å². The highest BCUT2D eigenvalue weighted by Crippen LogP contribution is 2.41. The van der Waals surface area contributed by atoms with E-state index in [1.54, 1.807) is 26.2 Å². The maximum Gasteiger partial charge on any atom is 0.223 e. The van der Waals surface area contributed by atoms with E-state index in [1.165, 1.54) is 0 Å². The van der Waals surface area contributed by atoms with Gasteiger partial charge in [-0.15, -0.1) is 0 Å². The quantitative estimate of drug-likeness (QED) is 0.651. The van der Waals surface area contributed by atoms with Gasteiger partial charge in [0, 0.05) is 6.04 Å². The standard InChI is InChI=1S/C24H32N2O4S/c1-4-31(28,29)21-8-5-17(6-9-21)18-7-10-22(30-3)19(15-18)16-24(23(25)27)13-11-20(26-2)12-14-24/h5-10,15,20,26H,4,11-14,16H2,1-3H3,(H2,25,27). The molecule has 1 amide bonds. The van der Waals surface area contributed by atoms with Crippen LogP contribution >= 0.6 is 0 Å². The molecule has 3 rings (SSSR count). The number of amides is 1. The van der Waals surface area contributed by atoms with Gasteiger partial charge in [-0.25, -0.2) is 8.42 Å². The number of carbonyl (C=O) groups is 1. The number of hydrogen-bond donors (Lipinski definition) is 2. The first-order chi connectivity index (χ1) is 14.7. The summed E-state index contributed by atoms with van der Waals surface area (Å²) in [6.07, 6.45) is 3.83. The Morgan fingerprint density at radius 2 is 1.74 bits per heavy atom. The Morgan fingerprint density at radius 1 is 1.13 bits per heavy atom. The van der Waals surface area contributed by atoms with Crippen molar-refractivity contribution in [2.75, 3.05) is 19.9 Å². The summed E-state index contributed by atoms with van der Waals surface area (Å²) < 4.78 is 29.8. The van der Waals surface area contributed by atoms with E-state index in [4.69, 9.17) is 10.5 Å². The number of primary amides is 1. The molecule has 0 aliphatic heterocycles. The van der Waals surface area contributed by atoms with E-state index in [0.29, 0.717) is 17.4 Å². The molecule has 0 heterocycles. The molecule has 0 aromatic heterocycles. The summed E-state index contributed by atoms with van der Waals surface area (Å²) in [6.45, 7) is 1.64. The molecule has 168 valence electrons. The lowest BCUT2D eigenvalue weighted by atomic mass is 9.68. The molecule has 2 aromatic carbocycles. The molecule has 0 atom stereocenters. The monoisotopic (exact) mass is 444 g/mol. The van der Waals surface area contributed by atoms with Crippen molar-refractivity contribution in [2.24, 2.45) is 11.1 Å². The summed E-state index contributed by atoms with van der Waals surface area (Å²) in [5.41, 5.74) is 8.10. The van der Waals surface area contributed by atoms with Crippen LogP contribution in [0.15, 0.2) is 47.4 Å². The fourth-order valence-corrected chi connectivity index (χ4v) is 5.34. The number of methoxy groups -OCH3 is 1. The zero-order valence-electron chi connectivity index (χ0n) is 18.5. The summed E-state index contributed by atoms with van der Waals surface area (Å²) >= 11 is 0. The van der Waals surface area contributed by atoms with Crippen LogP contribution in [0.1, 0.15) is 38.2 Å². The normalized spacial score (nSPS) is 21.6. The molecule has 0 unspecified atom stereocenters. The van der Waals surface area contributed by atoms with Gasteiger partial charge in [0.1, 0.15) is 5.75 Å². The topological polar surface area (TPSA) is 98.5 Å². The fourth-order valence-electron chi connectivity index (χ4n) is 4.45. The molecule has 6 nitrogen and oxygen atoms in total. The second-order valence-corrected chi connectivity index (χ2v) is 10.6. The second kappa shape index (κ2) is 9.40. The van der Waals surface area contributed by atoms with Crippen LogP contribution in [0.5, 0.6) is 5.75 Å². The van der Waals surface area contributed by atoms with Gasteiger partial charge in [-0.1, -0.05) is 25.1 Å². The third-order valence-electron chi connectivity index (χ3n) is 6.61. The van der Waals surface area contributed by atoms with E-state index in [9.17, 15) is 13.2 Å². The summed E-state index contributed by atoms with van der Waals surface area (Å²) in [6, 6.07) is 13.2.